The van der Waals surface area contributed by atoms with E-state index in [0.29, 0.717) is 16.7 Å². The molecule has 0 amide bonds. The highest BCUT2D eigenvalue weighted by Crippen LogP contribution is 2.19. The molecule has 0 atom stereocenters. The number of anilines is 1. The largest absolute Gasteiger partial charge is 0.379 e. The number of benzene rings is 1. The van der Waals surface area contributed by atoms with Gasteiger partial charge in [-0.1, -0.05) is 28.1 Å². The molecule has 0 aliphatic carbocycles. The summed E-state index contributed by atoms with van der Waals surface area (Å²) in [7, 11) is 0. The lowest BCUT2D eigenvalue weighted by molar-refractivity contribution is 0.501. The second-order valence-electron chi connectivity index (χ2n) is 4.70. The van der Waals surface area contributed by atoms with Gasteiger partial charge < -0.3 is 5.32 Å². The highest BCUT2D eigenvalue weighted by molar-refractivity contribution is 9.10. The Morgan fingerprint density at radius 2 is 2.10 bits per heavy atom. The molecule has 106 valence electrons. The molecule has 0 saturated heterocycles. The van der Waals surface area contributed by atoms with Crippen LogP contribution in [-0.2, 0) is 6.54 Å². The zero-order valence-electron chi connectivity index (χ0n) is 11.2. The summed E-state index contributed by atoms with van der Waals surface area (Å²) >= 11 is 6.78. The van der Waals surface area contributed by atoms with Crippen molar-refractivity contribution in [2.24, 2.45) is 0 Å². The molecule has 0 fully saturated rings. The molecule has 0 radical (unpaired) electrons. The van der Waals surface area contributed by atoms with E-state index in [1.54, 1.807) is 6.20 Å². The van der Waals surface area contributed by atoms with Crippen LogP contribution >= 0.6 is 31.9 Å². The van der Waals surface area contributed by atoms with Crippen LogP contribution in [-0.4, -0.2) is 9.78 Å². The van der Waals surface area contributed by atoms with Gasteiger partial charge in [0.15, 0.2) is 0 Å². The molecular formula is C14H15Br2N3O. The van der Waals surface area contributed by atoms with Gasteiger partial charge in [0.1, 0.15) is 4.47 Å². The summed E-state index contributed by atoms with van der Waals surface area (Å²) in [4.78, 5) is 12.1. The maximum atomic E-state index is 12.1. The van der Waals surface area contributed by atoms with Gasteiger partial charge in [0.05, 0.1) is 17.9 Å². The molecule has 0 saturated carbocycles. The maximum absolute atomic E-state index is 12.1. The van der Waals surface area contributed by atoms with Crippen molar-refractivity contribution in [2.45, 2.75) is 26.4 Å². The average molecular weight is 401 g/mol. The zero-order valence-corrected chi connectivity index (χ0v) is 14.4. The molecule has 0 aliphatic heterocycles. The Morgan fingerprint density at radius 3 is 2.75 bits per heavy atom. The smallest absolute Gasteiger partial charge is 0.283 e. The van der Waals surface area contributed by atoms with Gasteiger partial charge in [-0.05, 0) is 47.5 Å². The van der Waals surface area contributed by atoms with E-state index in [4.69, 9.17) is 0 Å². The zero-order chi connectivity index (χ0) is 14.7. The Balaban J connectivity index is 2.19. The normalized spacial score (nSPS) is 10.8. The van der Waals surface area contributed by atoms with Crippen LogP contribution in [0.2, 0.25) is 0 Å². The molecule has 0 unspecified atom stereocenters. The first-order chi connectivity index (χ1) is 9.49. The Hall–Kier alpha value is -1.14. The van der Waals surface area contributed by atoms with Crippen molar-refractivity contribution in [3.63, 3.8) is 0 Å². The first-order valence-corrected chi connectivity index (χ1v) is 7.83. The van der Waals surface area contributed by atoms with Gasteiger partial charge in [-0.25, -0.2) is 4.68 Å². The molecular weight excluding hydrogens is 386 g/mol. The van der Waals surface area contributed by atoms with Gasteiger partial charge in [0.25, 0.3) is 5.56 Å². The van der Waals surface area contributed by atoms with Crippen molar-refractivity contribution in [2.75, 3.05) is 5.32 Å². The Kier molecular flexibility index (Phi) is 4.99. The van der Waals surface area contributed by atoms with Crippen molar-refractivity contribution < 1.29 is 0 Å². The van der Waals surface area contributed by atoms with Crippen molar-refractivity contribution in [1.29, 1.82) is 0 Å². The highest BCUT2D eigenvalue weighted by Gasteiger charge is 2.10. The fraction of sp³-hybridized carbons (Fsp3) is 0.286. The van der Waals surface area contributed by atoms with Crippen molar-refractivity contribution in [1.82, 2.24) is 9.78 Å². The molecule has 1 aromatic carbocycles. The van der Waals surface area contributed by atoms with Crippen molar-refractivity contribution in [3.8, 4) is 0 Å². The minimum atomic E-state index is -0.126. The van der Waals surface area contributed by atoms with E-state index in [2.05, 4.69) is 42.3 Å². The van der Waals surface area contributed by atoms with E-state index in [1.165, 1.54) is 4.68 Å². The van der Waals surface area contributed by atoms with E-state index in [9.17, 15) is 4.79 Å². The summed E-state index contributed by atoms with van der Waals surface area (Å²) in [6, 6.07) is 8.05. The number of rotatable bonds is 4. The molecule has 0 bridgehead atoms. The predicted octanol–water partition coefficient (Wildman–Crippen LogP) is 3.96. The molecule has 1 N–H and O–H groups in total. The quantitative estimate of drug-likeness (QED) is 0.844. The topological polar surface area (TPSA) is 46.9 Å². The number of nitrogens with one attached hydrogen (secondary N) is 1. The Morgan fingerprint density at radius 1 is 1.35 bits per heavy atom. The maximum Gasteiger partial charge on any atom is 0.283 e. The van der Waals surface area contributed by atoms with Gasteiger partial charge >= 0.3 is 0 Å². The fourth-order valence-electron chi connectivity index (χ4n) is 1.78. The average Bonchev–Trinajstić information content (AvgIpc) is 2.40. The van der Waals surface area contributed by atoms with Crippen LogP contribution in [0.5, 0.6) is 0 Å². The predicted molar refractivity (Wildman–Crippen MR) is 88.1 cm³/mol. The monoisotopic (exact) mass is 399 g/mol. The number of nitrogens with zero attached hydrogens (tertiary/aromatic N) is 2. The summed E-state index contributed by atoms with van der Waals surface area (Å²) in [6.07, 6.45) is 1.67. The SMILES string of the molecule is CC(C)n1ncc(NCc2cccc(Br)c2)c(Br)c1=O. The van der Waals surface area contributed by atoms with E-state index >= 15 is 0 Å². The van der Waals surface area contributed by atoms with Crippen LogP contribution in [0.4, 0.5) is 5.69 Å². The third-order valence-corrected chi connectivity index (χ3v) is 4.06. The van der Waals surface area contributed by atoms with Gasteiger partial charge in [-0.15, -0.1) is 0 Å². The lowest BCUT2D eigenvalue weighted by Gasteiger charge is -2.12. The van der Waals surface area contributed by atoms with Gasteiger partial charge in [0.2, 0.25) is 0 Å². The fourth-order valence-corrected chi connectivity index (χ4v) is 2.65. The second-order valence-corrected chi connectivity index (χ2v) is 6.41. The van der Waals surface area contributed by atoms with Crippen LogP contribution in [0.1, 0.15) is 25.5 Å². The Bertz CT molecular complexity index is 668. The van der Waals surface area contributed by atoms with Crippen molar-refractivity contribution in [3.05, 3.63) is 55.3 Å². The van der Waals surface area contributed by atoms with Crippen LogP contribution in [0.25, 0.3) is 0 Å². The van der Waals surface area contributed by atoms with E-state index in [1.807, 2.05) is 38.1 Å². The van der Waals surface area contributed by atoms with Crippen LogP contribution in [0.15, 0.2) is 44.2 Å². The molecule has 0 spiro atoms. The standard InChI is InChI=1S/C14H15Br2N3O/c1-9(2)19-14(20)13(16)12(8-18-19)17-7-10-4-3-5-11(15)6-10/h3-6,8-9,17H,7H2,1-2H3. The molecule has 2 rings (SSSR count). The van der Waals surface area contributed by atoms with E-state index in [-0.39, 0.29) is 11.6 Å². The summed E-state index contributed by atoms with van der Waals surface area (Å²) in [5.74, 6) is 0. The summed E-state index contributed by atoms with van der Waals surface area (Å²) < 4.78 is 2.99. The highest BCUT2D eigenvalue weighted by atomic mass is 79.9. The number of hydrogen-bond acceptors (Lipinski definition) is 3. The van der Waals surface area contributed by atoms with Crippen LogP contribution in [0.3, 0.4) is 0 Å². The molecule has 20 heavy (non-hydrogen) atoms. The molecule has 6 heteroatoms. The van der Waals surface area contributed by atoms with Gasteiger partial charge in [-0.2, -0.15) is 5.10 Å². The lowest BCUT2D eigenvalue weighted by Crippen LogP contribution is -2.26. The Labute approximate surface area is 134 Å². The van der Waals surface area contributed by atoms with Gasteiger partial charge in [0, 0.05) is 11.0 Å². The molecule has 4 nitrogen and oxygen atoms in total. The minimum absolute atomic E-state index is 0.0397. The van der Waals surface area contributed by atoms with Crippen LogP contribution < -0.4 is 10.9 Å². The number of aromatic nitrogens is 2. The number of hydrogen-bond donors (Lipinski definition) is 1. The van der Waals surface area contributed by atoms with Gasteiger partial charge in [-0.3, -0.25) is 4.79 Å². The molecule has 1 aromatic heterocycles. The van der Waals surface area contributed by atoms with E-state index < -0.39 is 0 Å². The van der Waals surface area contributed by atoms with E-state index in [0.717, 1.165) is 10.0 Å². The summed E-state index contributed by atoms with van der Waals surface area (Å²) in [6.45, 7) is 4.48. The van der Waals surface area contributed by atoms with Crippen molar-refractivity contribution >= 4 is 37.5 Å². The minimum Gasteiger partial charge on any atom is -0.379 e. The third kappa shape index (κ3) is 3.49. The number of halogens is 2. The second kappa shape index (κ2) is 6.54. The summed E-state index contributed by atoms with van der Waals surface area (Å²) in [5, 5.41) is 7.39. The van der Waals surface area contributed by atoms with Crippen LogP contribution in [0, 0.1) is 0 Å². The first-order valence-electron chi connectivity index (χ1n) is 6.24. The molecule has 2 aromatic rings. The third-order valence-electron chi connectivity index (χ3n) is 2.80. The molecule has 0 aliphatic rings. The summed E-state index contributed by atoms with van der Waals surface area (Å²) in [5.41, 5.74) is 1.70. The lowest BCUT2D eigenvalue weighted by atomic mass is 10.2. The molecule has 1 heterocycles. The first kappa shape index (κ1) is 15.3.